The van der Waals surface area contributed by atoms with Gasteiger partial charge < -0.3 is 23.5 Å². The lowest BCUT2D eigenvalue weighted by molar-refractivity contribution is -0.0606. The first-order valence-corrected chi connectivity index (χ1v) is 15.3. The molecule has 1 aliphatic rings. The van der Waals surface area contributed by atoms with Crippen molar-refractivity contribution in [3.05, 3.63) is 123 Å². The highest BCUT2D eigenvalue weighted by atomic mass is 32.1. The van der Waals surface area contributed by atoms with Crippen LogP contribution in [0.1, 0.15) is 54.0 Å². The van der Waals surface area contributed by atoms with E-state index >= 15 is 0 Å². The number of benzene rings is 3. The van der Waals surface area contributed by atoms with Gasteiger partial charge in [-0.15, -0.1) is 0 Å². The van der Waals surface area contributed by atoms with E-state index in [1.807, 2.05) is 20.8 Å². The number of carbonyl (C=O) groups excluding carboxylic acids is 3. The Hall–Kier alpha value is -5.20. The molecule has 1 saturated heterocycles. The number of hydrogen-bond acceptors (Lipinski definition) is 10. The summed E-state index contributed by atoms with van der Waals surface area (Å²) >= 11 is 5.54. The Morgan fingerprint density at radius 1 is 0.723 bits per heavy atom. The second-order valence-corrected chi connectivity index (χ2v) is 11.9. The number of fused-ring (bicyclic) bond motifs is 1. The molecule has 1 fully saturated rings. The third kappa shape index (κ3) is 6.69. The summed E-state index contributed by atoms with van der Waals surface area (Å²) < 4.78 is 27.9. The van der Waals surface area contributed by atoms with E-state index in [0.29, 0.717) is 26.9 Å². The topological polar surface area (TPSA) is 124 Å². The van der Waals surface area contributed by atoms with E-state index in [1.54, 1.807) is 95.3 Å². The van der Waals surface area contributed by atoms with E-state index < -0.39 is 42.4 Å². The molecular weight excluding hydrogens is 620 g/mol. The van der Waals surface area contributed by atoms with Crippen LogP contribution in [0.5, 0.6) is 0 Å². The molecule has 1 aliphatic heterocycles. The maximum Gasteiger partial charge on any atom is 0.338 e. The van der Waals surface area contributed by atoms with Crippen molar-refractivity contribution < 1.29 is 33.3 Å². The fraction of sp³-hybridized carbons (Fsp3) is 0.257. The molecule has 0 spiro atoms. The molecule has 11 nitrogen and oxygen atoms in total. The largest absolute Gasteiger partial charge is 0.459 e. The van der Waals surface area contributed by atoms with Crippen LogP contribution in [-0.4, -0.2) is 61.9 Å². The number of aryl methyl sites for hydroxylation is 4. The zero-order valence-electron chi connectivity index (χ0n) is 26.2. The zero-order valence-corrected chi connectivity index (χ0v) is 27.0. The summed E-state index contributed by atoms with van der Waals surface area (Å²) in [6.45, 7) is 5.41. The normalized spacial score (nSPS) is 19.0. The lowest BCUT2D eigenvalue weighted by atomic mass is 10.1. The molecule has 0 unspecified atom stereocenters. The third-order valence-electron chi connectivity index (χ3n) is 7.93. The Morgan fingerprint density at radius 2 is 1.21 bits per heavy atom. The second-order valence-electron chi connectivity index (χ2n) is 11.5. The van der Waals surface area contributed by atoms with E-state index in [0.717, 1.165) is 16.7 Å². The van der Waals surface area contributed by atoms with Crippen LogP contribution in [0.4, 0.5) is 0 Å². The summed E-state index contributed by atoms with van der Waals surface area (Å²) in [6.07, 6.45) is -1.51. The Bertz CT molecular complexity index is 2000. The predicted octanol–water partition coefficient (Wildman–Crippen LogP) is 5.63. The van der Waals surface area contributed by atoms with Gasteiger partial charge in [-0.25, -0.2) is 24.4 Å². The molecule has 12 heteroatoms. The number of esters is 3. The van der Waals surface area contributed by atoms with Gasteiger partial charge in [-0.05, 0) is 57.2 Å². The van der Waals surface area contributed by atoms with Crippen LogP contribution < -0.4 is 0 Å². The van der Waals surface area contributed by atoms with Crippen molar-refractivity contribution in [3.63, 3.8) is 0 Å². The number of nitrogens with zero attached hydrogens (tertiary/aromatic N) is 4. The van der Waals surface area contributed by atoms with Crippen LogP contribution in [0.15, 0.2) is 85.5 Å². The van der Waals surface area contributed by atoms with Crippen LogP contribution >= 0.6 is 12.2 Å². The van der Waals surface area contributed by atoms with Crippen molar-refractivity contribution >= 4 is 41.3 Å². The minimum absolute atomic E-state index is 0.288. The van der Waals surface area contributed by atoms with Gasteiger partial charge in [0, 0.05) is 7.05 Å². The quantitative estimate of drug-likeness (QED) is 0.118. The number of ether oxygens (including phenoxy) is 4. The zero-order chi connectivity index (χ0) is 33.2. The van der Waals surface area contributed by atoms with Gasteiger partial charge in [0.1, 0.15) is 22.9 Å². The first kappa shape index (κ1) is 31.8. The standard InChI is InChI=1S/C35H32N4O7S/c1-20-5-11-23(12-6-20)33(40)43-17-26-28(45-34(41)24-13-7-21(2)8-14-24)29(46-35(42)25-15-9-22(3)10-16-25)31(44-26)39-19-36-27-30(39)37-18-38(4)32(27)47/h5-16,18-19,26,28-29,31H,17H2,1-4H3/t26-,28-,29-,31-/m0/s1. The van der Waals surface area contributed by atoms with Gasteiger partial charge in [0.2, 0.25) is 0 Å². The van der Waals surface area contributed by atoms with Crippen molar-refractivity contribution in [2.45, 2.75) is 45.3 Å². The van der Waals surface area contributed by atoms with Crippen LogP contribution in [0.25, 0.3) is 11.2 Å². The van der Waals surface area contributed by atoms with E-state index in [2.05, 4.69) is 9.97 Å². The number of hydrogen-bond donors (Lipinski definition) is 0. The van der Waals surface area contributed by atoms with Gasteiger partial charge in [-0.1, -0.05) is 65.3 Å². The SMILES string of the molecule is Cc1ccc(C(=O)OC[C@@H]2O[C@H](n3cnc4c(=S)n(C)cnc43)[C@@H](OC(=O)c3ccc(C)cc3)[C@H]2OC(=O)c2ccc(C)cc2)cc1. The van der Waals surface area contributed by atoms with Gasteiger partial charge in [0.15, 0.2) is 24.1 Å². The minimum atomic E-state index is -1.21. The molecule has 47 heavy (non-hydrogen) atoms. The molecule has 0 bridgehead atoms. The van der Waals surface area contributed by atoms with Crippen molar-refractivity contribution in [1.82, 2.24) is 19.1 Å². The highest BCUT2D eigenvalue weighted by Gasteiger charge is 2.52. The molecule has 6 rings (SSSR count). The van der Waals surface area contributed by atoms with Gasteiger partial charge in [0.05, 0.1) is 29.3 Å². The maximum absolute atomic E-state index is 13.5. The Balaban J connectivity index is 1.38. The van der Waals surface area contributed by atoms with Crippen molar-refractivity contribution in [3.8, 4) is 0 Å². The number of aromatic nitrogens is 4. The molecule has 4 atom stereocenters. The van der Waals surface area contributed by atoms with E-state index in [4.69, 9.17) is 31.2 Å². The minimum Gasteiger partial charge on any atom is -0.459 e. The van der Waals surface area contributed by atoms with Crippen LogP contribution in [-0.2, 0) is 26.0 Å². The molecule has 3 aromatic carbocycles. The third-order valence-corrected chi connectivity index (χ3v) is 8.41. The molecule has 240 valence electrons. The summed E-state index contributed by atoms with van der Waals surface area (Å²) in [5.74, 6) is -1.92. The van der Waals surface area contributed by atoms with Crippen molar-refractivity contribution in [2.24, 2.45) is 7.05 Å². The lowest BCUT2D eigenvalue weighted by Crippen LogP contribution is -2.41. The molecule has 0 aliphatic carbocycles. The highest BCUT2D eigenvalue weighted by molar-refractivity contribution is 7.71. The first-order valence-electron chi connectivity index (χ1n) is 14.9. The first-order chi connectivity index (χ1) is 22.6. The summed E-state index contributed by atoms with van der Waals surface area (Å²) in [5.41, 5.74) is 4.64. The molecule has 0 amide bonds. The Kier molecular flexibility index (Phi) is 8.97. The summed E-state index contributed by atoms with van der Waals surface area (Å²) in [4.78, 5) is 49.0. The van der Waals surface area contributed by atoms with Crippen LogP contribution in [0, 0.1) is 25.4 Å². The summed E-state index contributed by atoms with van der Waals surface area (Å²) in [6, 6.07) is 20.7. The van der Waals surface area contributed by atoms with Gasteiger partial charge in [-0.2, -0.15) is 0 Å². The number of imidazole rings is 1. The monoisotopic (exact) mass is 652 g/mol. The number of rotatable bonds is 8. The van der Waals surface area contributed by atoms with Crippen molar-refractivity contribution in [1.29, 1.82) is 0 Å². The van der Waals surface area contributed by atoms with Gasteiger partial charge in [-0.3, -0.25) is 4.57 Å². The Morgan fingerprint density at radius 3 is 1.74 bits per heavy atom. The molecule has 0 N–H and O–H groups in total. The summed E-state index contributed by atoms with van der Waals surface area (Å²) in [5, 5.41) is 0. The maximum atomic E-state index is 13.5. The molecule has 0 saturated carbocycles. The molecular formula is C35H32N4O7S. The molecule has 0 radical (unpaired) electrons. The lowest BCUT2D eigenvalue weighted by Gasteiger charge is -2.25. The molecule has 5 aromatic rings. The smallest absolute Gasteiger partial charge is 0.338 e. The fourth-order valence-corrected chi connectivity index (χ4v) is 5.40. The second kappa shape index (κ2) is 13.3. The average molecular weight is 653 g/mol. The van der Waals surface area contributed by atoms with E-state index in [9.17, 15) is 14.4 Å². The average Bonchev–Trinajstić information content (AvgIpc) is 3.64. The van der Waals surface area contributed by atoms with Gasteiger partial charge in [0.25, 0.3) is 0 Å². The van der Waals surface area contributed by atoms with Gasteiger partial charge >= 0.3 is 17.9 Å². The fourth-order valence-electron chi connectivity index (χ4n) is 5.21. The van der Waals surface area contributed by atoms with Crippen LogP contribution in [0.3, 0.4) is 0 Å². The molecule has 3 heterocycles. The van der Waals surface area contributed by atoms with E-state index in [1.165, 1.54) is 6.33 Å². The Labute approximate surface area is 275 Å². The van der Waals surface area contributed by atoms with E-state index in [-0.39, 0.29) is 12.2 Å². The highest BCUT2D eigenvalue weighted by Crippen LogP contribution is 2.37. The van der Waals surface area contributed by atoms with Crippen molar-refractivity contribution in [2.75, 3.05) is 6.61 Å². The number of carbonyl (C=O) groups is 3. The molecule has 2 aromatic heterocycles. The predicted molar refractivity (Wildman–Crippen MR) is 173 cm³/mol. The van der Waals surface area contributed by atoms with Crippen LogP contribution in [0.2, 0.25) is 0 Å². The summed E-state index contributed by atoms with van der Waals surface area (Å²) in [7, 11) is 1.75.